The standard InChI is InChI=1S/C29H25BrN4O6/c30-29-21(7-4-8-23(29)20-5-2-1-3-6-20)18-39-28-15-27(22(16-31-11-12-35)14-26(28)34(36)37)38-17-19-9-10-24-25(13-19)33-40-32-24/h1-10,13-15,31,35H,11-12,16-18H2. The van der Waals surface area contributed by atoms with Crippen LogP contribution in [0.5, 0.6) is 11.5 Å². The van der Waals surface area contributed by atoms with Crippen LogP contribution >= 0.6 is 15.9 Å². The van der Waals surface area contributed by atoms with Gasteiger partial charge in [0.1, 0.15) is 30.0 Å². The summed E-state index contributed by atoms with van der Waals surface area (Å²) in [5, 5.41) is 31.9. The minimum absolute atomic E-state index is 0.0673. The second kappa shape index (κ2) is 12.7. The highest BCUT2D eigenvalue weighted by Gasteiger charge is 2.21. The lowest BCUT2D eigenvalue weighted by Crippen LogP contribution is -2.18. The lowest BCUT2D eigenvalue weighted by atomic mass is 10.0. The highest BCUT2D eigenvalue weighted by atomic mass is 79.9. The van der Waals surface area contributed by atoms with Crippen LogP contribution in [0.1, 0.15) is 16.7 Å². The Kier molecular flexibility index (Phi) is 8.65. The van der Waals surface area contributed by atoms with Crippen molar-refractivity contribution in [1.82, 2.24) is 15.6 Å². The van der Waals surface area contributed by atoms with Crippen molar-refractivity contribution < 1.29 is 24.1 Å². The minimum atomic E-state index is -0.477. The molecule has 1 heterocycles. The normalized spacial score (nSPS) is 11.1. The number of nitro groups is 1. The van der Waals surface area contributed by atoms with E-state index in [1.165, 1.54) is 6.07 Å². The molecule has 10 nitrogen and oxygen atoms in total. The fourth-order valence-electron chi connectivity index (χ4n) is 4.19. The van der Waals surface area contributed by atoms with E-state index in [2.05, 4.69) is 31.6 Å². The molecule has 0 atom stereocenters. The number of hydrogen-bond acceptors (Lipinski definition) is 9. The van der Waals surface area contributed by atoms with Gasteiger partial charge in [-0.2, -0.15) is 0 Å². The lowest BCUT2D eigenvalue weighted by Gasteiger charge is -2.16. The Bertz CT molecular complexity index is 1630. The van der Waals surface area contributed by atoms with Gasteiger partial charge in [-0.15, -0.1) is 0 Å². The van der Waals surface area contributed by atoms with Crippen molar-refractivity contribution in [2.24, 2.45) is 0 Å². The summed E-state index contributed by atoms with van der Waals surface area (Å²) in [5.74, 6) is 0.501. The number of nitrogens with zero attached hydrogens (tertiary/aromatic N) is 3. The fraction of sp³-hybridized carbons (Fsp3) is 0.172. The van der Waals surface area contributed by atoms with Gasteiger partial charge in [-0.1, -0.05) is 54.6 Å². The largest absolute Gasteiger partial charge is 0.488 e. The van der Waals surface area contributed by atoms with Crippen molar-refractivity contribution >= 4 is 32.7 Å². The summed E-state index contributed by atoms with van der Waals surface area (Å²) in [7, 11) is 0. The molecule has 4 aromatic carbocycles. The molecule has 1 aromatic heterocycles. The van der Waals surface area contributed by atoms with Gasteiger partial charge < -0.3 is 19.9 Å². The van der Waals surface area contributed by atoms with Crippen LogP contribution in [0.3, 0.4) is 0 Å². The Hall–Kier alpha value is -4.32. The van der Waals surface area contributed by atoms with Gasteiger partial charge in [0.2, 0.25) is 5.75 Å². The molecule has 5 aromatic rings. The summed E-state index contributed by atoms with van der Waals surface area (Å²) >= 11 is 3.68. The van der Waals surface area contributed by atoms with E-state index in [0.717, 1.165) is 26.7 Å². The van der Waals surface area contributed by atoms with Crippen LogP contribution in [-0.4, -0.2) is 33.5 Å². The zero-order valence-corrected chi connectivity index (χ0v) is 22.8. The first-order chi connectivity index (χ1) is 19.5. The average Bonchev–Trinajstić information content (AvgIpc) is 3.44. The Morgan fingerprint density at radius 1 is 0.900 bits per heavy atom. The first-order valence-corrected chi connectivity index (χ1v) is 13.3. The van der Waals surface area contributed by atoms with Crippen LogP contribution in [0.25, 0.3) is 22.2 Å². The summed E-state index contributed by atoms with van der Waals surface area (Å²) in [6, 6.07) is 24.1. The van der Waals surface area contributed by atoms with Gasteiger partial charge >= 0.3 is 5.69 Å². The van der Waals surface area contributed by atoms with E-state index in [0.29, 0.717) is 28.9 Å². The topological polar surface area (TPSA) is 133 Å². The van der Waals surface area contributed by atoms with Gasteiger partial charge in [-0.3, -0.25) is 10.1 Å². The SMILES string of the molecule is O=[N+]([O-])c1cc(CNCCO)c(OCc2ccc3nonc3c2)cc1OCc1cccc(-c2ccccc2)c1Br. The van der Waals surface area contributed by atoms with E-state index >= 15 is 0 Å². The summed E-state index contributed by atoms with van der Waals surface area (Å²) in [6.07, 6.45) is 0. The Balaban J connectivity index is 1.42. The third kappa shape index (κ3) is 6.28. The Morgan fingerprint density at radius 2 is 1.70 bits per heavy atom. The number of rotatable bonds is 12. The molecule has 2 N–H and O–H groups in total. The highest BCUT2D eigenvalue weighted by molar-refractivity contribution is 9.10. The van der Waals surface area contributed by atoms with E-state index in [9.17, 15) is 10.1 Å². The van der Waals surface area contributed by atoms with Crippen LogP contribution in [0.15, 0.2) is 88.0 Å². The second-order valence-corrected chi connectivity index (χ2v) is 9.69. The molecule has 0 spiro atoms. The van der Waals surface area contributed by atoms with Crippen molar-refractivity contribution in [3.05, 3.63) is 110 Å². The number of fused-ring (bicyclic) bond motifs is 1. The number of nitro benzene ring substituents is 1. The van der Waals surface area contributed by atoms with Gasteiger partial charge in [0.05, 0.1) is 11.5 Å². The van der Waals surface area contributed by atoms with Crippen LogP contribution in [0.4, 0.5) is 5.69 Å². The van der Waals surface area contributed by atoms with Crippen LogP contribution < -0.4 is 14.8 Å². The maximum Gasteiger partial charge on any atom is 0.311 e. The van der Waals surface area contributed by atoms with Crippen molar-refractivity contribution in [1.29, 1.82) is 0 Å². The van der Waals surface area contributed by atoms with Crippen LogP contribution in [0, 0.1) is 10.1 Å². The molecule has 0 radical (unpaired) electrons. The monoisotopic (exact) mass is 604 g/mol. The predicted molar refractivity (Wildman–Crippen MR) is 152 cm³/mol. The molecule has 0 aliphatic carbocycles. The highest BCUT2D eigenvalue weighted by Crippen LogP contribution is 2.37. The molecular formula is C29H25BrN4O6. The number of benzene rings is 4. The summed E-state index contributed by atoms with van der Waals surface area (Å²) in [5.41, 5.74) is 5.29. The molecule has 204 valence electrons. The number of nitrogens with one attached hydrogen (secondary N) is 1. The van der Waals surface area contributed by atoms with Gasteiger partial charge in [-0.25, -0.2) is 4.63 Å². The van der Waals surface area contributed by atoms with Gasteiger partial charge in [0.25, 0.3) is 0 Å². The minimum Gasteiger partial charge on any atom is -0.488 e. The lowest BCUT2D eigenvalue weighted by molar-refractivity contribution is -0.386. The third-order valence-corrected chi connectivity index (χ3v) is 7.14. The molecule has 0 unspecified atom stereocenters. The van der Waals surface area contributed by atoms with Crippen LogP contribution in [-0.2, 0) is 19.8 Å². The smallest absolute Gasteiger partial charge is 0.311 e. The van der Waals surface area contributed by atoms with Crippen LogP contribution in [0.2, 0.25) is 0 Å². The second-order valence-electron chi connectivity index (χ2n) is 8.89. The van der Waals surface area contributed by atoms with E-state index in [4.69, 9.17) is 19.2 Å². The number of aromatic nitrogens is 2. The van der Waals surface area contributed by atoms with Gasteiger partial charge in [-0.05, 0) is 55.1 Å². The first-order valence-electron chi connectivity index (χ1n) is 12.5. The summed E-state index contributed by atoms with van der Waals surface area (Å²) in [6.45, 7) is 0.792. The quantitative estimate of drug-likeness (QED) is 0.103. The maximum atomic E-state index is 12.0. The van der Waals surface area contributed by atoms with Gasteiger partial charge in [0.15, 0.2) is 0 Å². The number of halogens is 1. The molecule has 11 heteroatoms. The maximum absolute atomic E-state index is 12.0. The molecule has 0 fully saturated rings. The molecular weight excluding hydrogens is 580 g/mol. The molecule has 0 bridgehead atoms. The molecule has 5 rings (SSSR count). The van der Waals surface area contributed by atoms with E-state index < -0.39 is 4.92 Å². The molecule has 40 heavy (non-hydrogen) atoms. The Labute approximate surface area is 237 Å². The van der Waals surface area contributed by atoms with Crippen molar-refractivity contribution in [3.8, 4) is 22.6 Å². The number of hydrogen-bond donors (Lipinski definition) is 2. The van der Waals surface area contributed by atoms with Gasteiger partial charge in [0, 0.05) is 40.8 Å². The molecule has 0 amide bonds. The molecule has 0 aliphatic rings. The zero-order chi connectivity index (χ0) is 27.9. The van der Waals surface area contributed by atoms with E-state index in [1.54, 1.807) is 18.2 Å². The van der Waals surface area contributed by atoms with Crippen molar-refractivity contribution in [2.75, 3.05) is 13.2 Å². The summed E-state index contributed by atoms with van der Waals surface area (Å²) in [4.78, 5) is 11.5. The Morgan fingerprint density at radius 3 is 2.50 bits per heavy atom. The van der Waals surface area contributed by atoms with Crippen molar-refractivity contribution in [3.63, 3.8) is 0 Å². The van der Waals surface area contributed by atoms with E-state index in [1.807, 2.05) is 54.6 Å². The third-order valence-electron chi connectivity index (χ3n) is 6.20. The molecule has 0 aliphatic heterocycles. The number of aliphatic hydroxyl groups is 1. The summed E-state index contributed by atoms with van der Waals surface area (Å²) < 4.78 is 17.8. The molecule has 0 saturated heterocycles. The zero-order valence-electron chi connectivity index (χ0n) is 21.2. The number of aliphatic hydroxyl groups excluding tert-OH is 1. The number of ether oxygens (including phenoxy) is 2. The van der Waals surface area contributed by atoms with Crippen molar-refractivity contribution in [2.45, 2.75) is 19.8 Å². The fourth-order valence-corrected chi connectivity index (χ4v) is 4.80. The average molecular weight is 605 g/mol. The molecule has 0 saturated carbocycles. The first kappa shape index (κ1) is 27.3. The predicted octanol–water partition coefficient (Wildman–Crippen LogP) is 5.80. The van der Waals surface area contributed by atoms with E-state index in [-0.39, 0.29) is 37.8 Å².